The minimum Gasteiger partial charge on any atom is -0.287 e. The number of amidine groups is 1. The Kier molecular flexibility index (Phi) is 5.37. The van der Waals surface area contributed by atoms with Crippen molar-refractivity contribution in [3.8, 4) is 0 Å². The molecule has 1 fully saturated rings. The van der Waals surface area contributed by atoms with E-state index in [1.54, 1.807) is 16.7 Å². The van der Waals surface area contributed by atoms with E-state index in [2.05, 4.69) is 0 Å². The molecule has 6 nitrogen and oxygen atoms in total. The molecule has 1 aliphatic heterocycles. The summed E-state index contributed by atoms with van der Waals surface area (Å²) in [6.07, 6.45) is 0.884. The Labute approximate surface area is 156 Å². The van der Waals surface area contributed by atoms with E-state index in [9.17, 15) is 14.9 Å². The molecule has 134 valence electrons. The fourth-order valence-electron chi connectivity index (χ4n) is 2.67. The maximum atomic E-state index is 12.9. The molecule has 0 saturated carbocycles. The summed E-state index contributed by atoms with van der Waals surface area (Å²) in [6, 6.07) is 11.8. The number of amides is 1. The van der Waals surface area contributed by atoms with Gasteiger partial charge in [-0.25, -0.2) is 4.99 Å². The Hall–Kier alpha value is -2.67. The van der Waals surface area contributed by atoms with Crippen molar-refractivity contribution in [1.82, 2.24) is 4.90 Å². The molecule has 0 unspecified atom stereocenters. The van der Waals surface area contributed by atoms with Crippen LogP contribution in [-0.2, 0) is 0 Å². The van der Waals surface area contributed by atoms with Gasteiger partial charge in [0, 0.05) is 30.0 Å². The highest BCUT2D eigenvalue weighted by Gasteiger charge is 2.25. The highest BCUT2D eigenvalue weighted by atomic mass is 32.2. The molecular weight excluding hydrogens is 350 g/mol. The van der Waals surface area contributed by atoms with Crippen molar-refractivity contribution in [1.29, 1.82) is 0 Å². The van der Waals surface area contributed by atoms with E-state index in [1.807, 2.05) is 32.0 Å². The van der Waals surface area contributed by atoms with Crippen LogP contribution in [0.15, 0.2) is 47.5 Å². The van der Waals surface area contributed by atoms with Crippen LogP contribution >= 0.6 is 11.8 Å². The van der Waals surface area contributed by atoms with Crippen LogP contribution in [0.3, 0.4) is 0 Å². The summed E-state index contributed by atoms with van der Waals surface area (Å²) in [5.74, 6) is 0.726. The number of benzene rings is 2. The van der Waals surface area contributed by atoms with Crippen molar-refractivity contribution >= 4 is 34.2 Å². The molecule has 1 aliphatic rings. The number of aliphatic imine (C=N–C) groups is 1. The van der Waals surface area contributed by atoms with Crippen molar-refractivity contribution in [3.63, 3.8) is 0 Å². The number of non-ortho nitro benzene ring substituents is 1. The third-order valence-corrected chi connectivity index (χ3v) is 5.20. The van der Waals surface area contributed by atoms with Crippen molar-refractivity contribution in [2.45, 2.75) is 20.3 Å². The van der Waals surface area contributed by atoms with E-state index in [0.717, 1.165) is 29.0 Å². The normalized spacial score (nSPS) is 15.9. The number of thioether (sulfide) groups is 1. The monoisotopic (exact) mass is 369 g/mol. The quantitative estimate of drug-likeness (QED) is 0.590. The topological polar surface area (TPSA) is 75.8 Å². The van der Waals surface area contributed by atoms with Gasteiger partial charge in [-0.2, -0.15) is 0 Å². The van der Waals surface area contributed by atoms with Crippen LogP contribution < -0.4 is 0 Å². The molecule has 1 saturated heterocycles. The zero-order valence-corrected chi connectivity index (χ0v) is 15.5. The van der Waals surface area contributed by atoms with Crippen molar-refractivity contribution in [3.05, 3.63) is 69.3 Å². The summed E-state index contributed by atoms with van der Waals surface area (Å²) in [5.41, 5.74) is 3.42. The number of nitro benzene ring substituents is 1. The van der Waals surface area contributed by atoms with Gasteiger partial charge in [-0.15, -0.1) is 0 Å². The molecule has 2 aromatic carbocycles. The standard InChI is InChI=1S/C19H19N3O3S/c1-13-4-5-14(2)17(12-13)20-19-21(10-3-11-26-19)18(23)15-6-8-16(9-7-15)22(24)25/h4-9,12H,3,10-11H2,1-2H3. The Morgan fingerprint density at radius 1 is 1.19 bits per heavy atom. The summed E-state index contributed by atoms with van der Waals surface area (Å²) >= 11 is 1.56. The van der Waals surface area contributed by atoms with Gasteiger partial charge >= 0.3 is 0 Å². The molecule has 0 N–H and O–H groups in total. The van der Waals surface area contributed by atoms with Gasteiger partial charge in [0.1, 0.15) is 0 Å². The van der Waals surface area contributed by atoms with Gasteiger partial charge in [0.15, 0.2) is 5.17 Å². The first-order valence-corrected chi connectivity index (χ1v) is 9.29. The largest absolute Gasteiger partial charge is 0.287 e. The van der Waals surface area contributed by atoms with Crippen LogP contribution in [0.4, 0.5) is 11.4 Å². The van der Waals surface area contributed by atoms with Crippen LogP contribution in [0.2, 0.25) is 0 Å². The van der Waals surface area contributed by atoms with Gasteiger partial charge in [-0.1, -0.05) is 23.9 Å². The Balaban J connectivity index is 1.91. The van der Waals surface area contributed by atoms with E-state index in [1.165, 1.54) is 24.3 Å². The summed E-state index contributed by atoms with van der Waals surface area (Å²) in [4.78, 5) is 29.6. The summed E-state index contributed by atoms with van der Waals surface area (Å²) in [7, 11) is 0. The van der Waals surface area contributed by atoms with E-state index >= 15 is 0 Å². The van der Waals surface area contributed by atoms with Crippen molar-refractivity contribution in [2.24, 2.45) is 4.99 Å². The van der Waals surface area contributed by atoms with E-state index in [0.29, 0.717) is 17.3 Å². The average Bonchev–Trinajstić information content (AvgIpc) is 2.64. The Morgan fingerprint density at radius 3 is 2.62 bits per heavy atom. The zero-order chi connectivity index (χ0) is 18.7. The lowest BCUT2D eigenvalue weighted by atomic mass is 10.1. The minimum absolute atomic E-state index is 0.0288. The molecular formula is C19H19N3O3S. The lowest BCUT2D eigenvalue weighted by Crippen LogP contribution is -2.39. The summed E-state index contributed by atoms with van der Waals surface area (Å²) < 4.78 is 0. The lowest BCUT2D eigenvalue weighted by Gasteiger charge is -2.28. The van der Waals surface area contributed by atoms with Gasteiger partial charge in [-0.3, -0.25) is 19.8 Å². The van der Waals surface area contributed by atoms with Crippen LogP contribution in [0.1, 0.15) is 27.9 Å². The molecule has 0 aromatic heterocycles. The smallest absolute Gasteiger partial charge is 0.269 e. The van der Waals surface area contributed by atoms with E-state index < -0.39 is 4.92 Å². The first kappa shape index (κ1) is 18.1. The van der Waals surface area contributed by atoms with Gasteiger partial charge in [0.25, 0.3) is 11.6 Å². The van der Waals surface area contributed by atoms with Gasteiger partial charge in [0.05, 0.1) is 10.6 Å². The minimum atomic E-state index is -0.474. The fourth-order valence-corrected chi connectivity index (χ4v) is 3.61. The van der Waals surface area contributed by atoms with Gasteiger partial charge in [-0.05, 0) is 49.6 Å². The highest BCUT2D eigenvalue weighted by Crippen LogP contribution is 2.27. The van der Waals surface area contributed by atoms with Crippen LogP contribution in [0.5, 0.6) is 0 Å². The molecule has 1 heterocycles. The molecule has 1 amide bonds. The predicted octanol–water partition coefficient (Wildman–Crippen LogP) is 4.48. The van der Waals surface area contributed by atoms with Crippen LogP contribution in [-0.4, -0.2) is 33.2 Å². The van der Waals surface area contributed by atoms with Gasteiger partial charge in [0.2, 0.25) is 0 Å². The maximum Gasteiger partial charge on any atom is 0.269 e. The van der Waals surface area contributed by atoms with E-state index in [4.69, 9.17) is 4.99 Å². The highest BCUT2D eigenvalue weighted by molar-refractivity contribution is 8.13. The number of nitro groups is 1. The zero-order valence-electron chi connectivity index (χ0n) is 14.6. The fraction of sp³-hybridized carbons (Fsp3) is 0.263. The molecule has 26 heavy (non-hydrogen) atoms. The Morgan fingerprint density at radius 2 is 1.92 bits per heavy atom. The third kappa shape index (κ3) is 3.94. The predicted molar refractivity (Wildman–Crippen MR) is 104 cm³/mol. The summed E-state index contributed by atoms with van der Waals surface area (Å²) in [6.45, 7) is 4.60. The number of nitrogens with zero attached hydrogens (tertiary/aromatic N) is 3. The number of aryl methyl sites for hydroxylation is 2. The number of rotatable bonds is 3. The molecule has 7 heteroatoms. The first-order valence-electron chi connectivity index (χ1n) is 8.31. The average molecular weight is 369 g/mol. The third-order valence-electron chi connectivity index (χ3n) is 4.14. The second-order valence-electron chi connectivity index (χ2n) is 6.15. The summed E-state index contributed by atoms with van der Waals surface area (Å²) in [5, 5.41) is 11.5. The number of hydrogen-bond acceptors (Lipinski definition) is 5. The SMILES string of the molecule is Cc1ccc(C)c(N=C2SCCCN2C(=O)c2ccc([N+](=O)[O-])cc2)c1. The number of hydrogen-bond donors (Lipinski definition) is 0. The second-order valence-corrected chi connectivity index (χ2v) is 7.21. The maximum absolute atomic E-state index is 12.9. The number of carbonyl (C=O) groups excluding carboxylic acids is 1. The molecule has 0 atom stereocenters. The van der Waals surface area contributed by atoms with Crippen LogP contribution in [0, 0.1) is 24.0 Å². The molecule has 3 rings (SSSR count). The molecule has 2 aromatic rings. The second kappa shape index (κ2) is 7.70. The van der Waals surface area contributed by atoms with Crippen LogP contribution in [0.25, 0.3) is 0 Å². The van der Waals surface area contributed by atoms with Crippen molar-refractivity contribution in [2.75, 3.05) is 12.3 Å². The van der Waals surface area contributed by atoms with E-state index in [-0.39, 0.29) is 11.6 Å². The number of carbonyl (C=O) groups is 1. The molecule has 0 radical (unpaired) electrons. The Bertz CT molecular complexity index is 878. The molecule has 0 aliphatic carbocycles. The van der Waals surface area contributed by atoms with Crippen molar-refractivity contribution < 1.29 is 9.72 Å². The molecule has 0 bridgehead atoms. The first-order chi connectivity index (χ1) is 12.5. The molecule has 0 spiro atoms. The lowest BCUT2D eigenvalue weighted by molar-refractivity contribution is -0.384. The van der Waals surface area contributed by atoms with Gasteiger partial charge < -0.3 is 0 Å².